The van der Waals surface area contributed by atoms with E-state index in [2.05, 4.69) is 57.6 Å². The Morgan fingerprint density at radius 1 is 1.10 bits per heavy atom. The molecule has 30 heavy (non-hydrogen) atoms. The average molecular weight is 460 g/mol. The summed E-state index contributed by atoms with van der Waals surface area (Å²) in [5.74, 6) is -0.998. The number of carboxylic acid groups (broad SMARTS) is 1. The predicted octanol–water partition coefficient (Wildman–Crippen LogP) is 3.17. The molecule has 1 heterocycles. The minimum atomic E-state index is -1.08. The van der Waals surface area contributed by atoms with Crippen LogP contribution in [0.3, 0.4) is 0 Å². The number of pyridine rings is 1. The first-order valence-electron chi connectivity index (χ1n) is 9.75. The van der Waals surface area contributed by atoms with Gasteiger partial charge in [0.05, 0.1) is 0 Å². The van der Waals surface area contributed by atoms with Gasteiger partial charge in [0.25, 0.3) is 0 Å². The van der Waals surface area contributed by atoms with Crippen molar-refractivity contribution in [2.75, 3.05) is 6.54 Å². The molecule has 2 rings (SSSR count). The SMILES string of the molecule is CC(=O)[O-].CC(C)(C)c1cc(C=NCCc2ccccn2)c([O-])c(C(C)(C)C)c1.[Cu+2]. The molecule has 0 N–H and O–H groups in total. The normalized spacial score (nSPS) is 11.4. The molecule has 6 heteroatoms. The number of benzene rings is 1. The summed E-state index contributed by atoms with van der Waals surface area (Å²) in [7, 11) is 0. The molecule has 0 atom stereocenters. The van der Waals surface area contributed by atoms with Crippen LogP contribution < -0.4 is 10.2 Å². The fourth-order valence-electron chi connectivity index (χ4n) is 2.63. The minimum Gasteiger partial charge on any atom is -0.872 e. The molecule has 0 spiro atoms. The molecule has 5 nitrogen and oxygen atoms in total. The van der Waals surface area contributed by atoms with Crippen LogP contribution in [-0.4, -0.2) is 23.7 Å². The minimum absolute atomic E-state index is 0. The maximum Gasteiger partial charge on any atom is 2.00 e. The van der Waals surface area contributed by atoms with Crippen molar-refractivity contribution in [1.29, 1.82) is 0 Å². The number of carboxylic acids is 1. The smallest absolute Gasteiger partial charge is 0.872 e. The van der Waals surface area contributed by atoms with Crippen molar-refractivity contribution in [1.82, 2.24) is 4.98 Å². The molecule has 0 fully saturated rings. The summed E-state index contributed by atoms with van der Waals surface area (Å²) < 4.78 is 0. The molecule has 0 aliphatic heterocycles. The summed E-state index contributed by atoms with van der Waals surface area (Å²) in [5.41, 5.74) is 3.52. The zero-order valence-corrected chi connectivity index (χ0v) is 19.8. The van der Waals surface area contributed by atoms with Crippen LogP contribution in [-0.2, 0) is 39.1 Å². The number of nitrogens with zero attached hydrogens (tertiary/aromatic N) is 2. The Hall–Kier alpha value is -2.17. The maximum atomic E-state index is 12.9. The summed E-state index contributed by atoms with van der Waals surface area (Å²) in [5, 5.41) is 21.7. The monoisotopic (exact) mass is 459 g/mol. The van der Waals surface area contributed by atoms with Crippen molar-refractivity contribution in [2.45, 2.75) is 65.7 Å². The first-order chi connectivity index (χ1) is 13.3. The second kappa shape index (κ2) is 11.9. The number of aromatic nitrogens is 1. The second-order valence-electron chi connectivity index (χ2n) is 9.04. The number of rotatable bonds is 4. The van der Waals surface area contributed by atoms with Gasteiger partial charge in [0.2, 0.25) is 0 Å². The van der Waals surface area contributed by atoms with Gasteiger partial charge in [0.15, 0.2) is 0 Å². The number of carbonyl (C=O) groups is 1. The number of aliphatic imine (C=N–C) groups is 1. The number of carbonyl (C=O) groups excluding carboxylic acids is 1. The molecular formula is C24H32CuN2O3. The van der Waals surface area contributed by atoms with Crippen molar-refractivity contribution in [3.05, 3.63) is 58.9 Å². The third kappa shape index (κ3) is 9.55. The molecule has 0 saturated heterocycles. The van der Waals surface area contributed by atoms with Crippen LogP contribution in [0.25, 0.3) is 0 Å². The van der Waals surface area contributed by atoms with Crippen molar-refractivity contribution in [3.63, 3.8) is 0 Å². The van der Waals surface area contributed by atoms with Crippen LogP contribution in [0.4, 0.5) is 0 Å². The standard InChI is InChI=1S/C22H30N2O.C2H4O2.Cu/c1-21(2,3)17-13-16(20(25)19(14-17)22(4,5)6)15-23-12-10-18-9-7-8-11-24-18;1-2(3)4;/h7-9,11,13-15,25H,10,12H2,1-6H3;1H3,(H,3,4);/q;;+2/p-2. The van der Waals surface area contributed by atoms with E-state index in [0.717, 1.165) is 24.6 Å². The largest absolute Gasteiger partial charge is 2.00 e. The van der Waals surface area contributed by atoms with Crippen LogP contribution in [0.1, 0.15) is 70.9 Å². The van der Waals surface area contributed by atoms with Gasteiger partial charge in [0.1, 0.15) is 0 Å². The molecule has 0 aliphatic carbocycles. The Morgan fingerprint density at radius 2 is 1.70 bits per heavy atom. The third-order valence-electron chi connectivity index (χ3n) is 4.25. The van der Waals surface area contributed by atoms with E-state index in [0.29, 0.717) is 12.1 Å². The van der Waals surface area contributed by atoms with Crippen LogP contribution in [0.15, 0.2) is 41.5 Å². The van der Waals surface area contributed by atoms with Gasteiger partial charge < -0.3 is 15.0 Å². The Balaban J connectivity index is 0.00000154. The van der Waals surface area contributed by atoms with E-state index >= 15 is 0 Å². The van der Waals surface area contributed by atoms with Crippen molar-refractivity contribution < 1.29 is 32.1 Å². The Labute approximate surface area is 191 Å². The van der Waals surface area contributed by atoms with Crippen LogP contribution >= 0.6 is 0 Å². The molecular weight excluding hydrogens is 428 g/mol. The van der Waals surface area contributed by atoms with Gasteiger partial charge >= 0.3 is 17.1 Å². The van der Waals surface area contributed by atoms with Crippen LogP contribution in [0.2, 0.25) is 0 Å². The molecule has 0 amide bonds. The molecule has 0 saturated carbocycles. The van der Waals surface area contributed by atoms with E-state index in [4.69, 9.17) is 9.90 Å². The van der Waals surface area contributed by atoms with E-state index in [-0.39, 0.29) is 33.6 Å². The molecule has 1 aromatic carbocycles. The summed E-state index contributed by atoms with van der Waals surface area (Å²) in [6.07, 6.45) is 4.30. The van der Waals surface area contributed by atoms with E-state index < -0.39 is 5.97 Å². The average Bonchev–Trinajstić information content (AvgIpc) is 2.58. The zero-order chi connectivity index (χ0) is 22.2. The van der Waals surface area contributed by atoms with Gasteiger partial charge in [-0.1, -0.05) is 65.5 Å². The van der Waals surface area contributed by atoms with E-state index in [1.54, 1.807) is 12.4 Å². The van der Waals surface area contributed by atoms with Crippen molar-refractivity contribution >= 4 is 12.2 Å². The summed E-state index contributed by atoms with van der Waals surface area (Å²) in [4.78, 5) is 17.7. The first-order valence-corrected chi connectivity index (χ1v) is 9.75. The quantitative estimate of drug-likeness (QED) is 0.518. The maximum absolute atomic E-state index is 12.9. The Morgan fingerprint density at radius 3 is 2.17 bits per heavy atom. The number of hydrogen-bond acceptors (Lipinski definition) is 5. The summed E-state index contributed by atoms with van der Waals surface area (Å²) in [6.45, 7) is 14.3. The zero-order valence-electron chi connectivity index (χ0n) is 18.9. The van der Waals surface area contributed by atoms with Crippen molar-refractivity contribution in [2.24, 2.45) is 4.99 Å². The molecule has 1 aromatic heterocycles. The first kappa shape index (κ1) is 27.8. The number of hydrogen-bond donors (Lipinski definition) is 0. The van der Waals surface area contributed by atoms with Gasteiger partial charge in [-0.2, -0.15) is 0 Å². The van der Waals surface area contributed by atoms with Crippen LogP contribution in [0, 0.1) is 0 Å². The van der Waals surface area contributed by atoms with Gasteiger partial charge in [-0.15, -0.1) is 0 Å². The molecule has 1 radical (unpaired) electrons. The molecule has 0 aliphatic rings. The molecule has 0 bridgehead atoms. The molecule has 167 valence electrons. The third-order valence-corrected chi connectivity index (χ3v) is 4.25. The van der Waals surface area contributed by atoms with Crippen LogP contribution in [0.5, 0.6) is 5.75 Å². The summed E-state index contributed by atoms with van der Waals surface area (Å²) >= 11 is 0. The van der Waals surface area contributed by atoms with Gasteiger partial charge in [-0.3, -0.25) is 9.98 Å². The second-order valence-corrected chi connectivity index (χ2v) is 9.04. The molecule has 2 aromatic rings. The predicted molar refractivity (Wildman–Crippen MR) is 114 cm³/mol. The molecule has 0 unspecified atom stereocenters. The topological polar surface area (TPSA) is 88.4 Å². The Bertz CT molecular complexity index is 832. The van der Waals surface area contributed by atoms with E-state index in [1.807, 2.05) is 24.3 Å². The van der Waals surface area contributed by atoms with Gasteiger partial charge in [-0.05, 0) is 46.6 Å². The van der Waals surface area contributed by atoms with Crippen molar-refractivity contribution in [3.8, 4) is 5.75 Å². The van der Waals surface area contributed by atoms with Gasteiger partial charge in [-0.25, -0.2) is 0 Å². The van der Waals surface area contributed by atoms with E-state index in [1.165, 1.54) is 5.56 Å². The fraction of sp³-hybridized carbons (Fsp3) is 0.458. The van der Waals surface area contributed by atoms with E-state index in [9.17, 15) is 5.11 Å². The Kier molecular flexibility index (Phi) is 11.0. The number of aliphatic carboxylic acids is 1. The van der Waals surface area contributed by atoms with Gasteiger partial charge in [0, 0.05) is 37.0 Å². The summed E-state index contributed by atoms with van der Waals surface area (Å²) in [6, 6.07) is 9.93. The fourth-order valence-corrected chi connectivity index (χ4v) is 2.63.